The number of aryl methyl sites for hydroxylation is 1. The van der Waals surface area contributed by atoms with Gasteiger partial charge >= 0.3 is 0 Å². The van der Waals surface area contributed by atoms with E-state index >= 15 is 0 Å². The molecule has 0 amide bonds. The molecule has 7 heteroatoms. The third kappa shape index (κ3) is 2.62. The lowest BCUT2D eigenvalue weighted by Crippen LogP contribution is -2.22. The molecule has 134 valence electrons. The van der Waals surface area contributed by atoms with E-state index in [9.17, 15) is 14.0 Å². The summed E-state index contributed by atoms with van der Waals surface area (Å²) in [7, 11) is 0. The summed E-state index contributed by atoms with van der Waals surface area (Å²) in [5.41, 5.74) is 8.45. The Bertz CT molecular complexity index is 1110. The van der Waals surface area contributed by atoms with Crippen LogP contribution in [-0.4, -0.2) is 9.78 Å². The minimum Gasteiger partial charge on any atom is -0.422 e. The van der Waals surface area contributed by atoms with Gasteiger partial charge in [0.2, 0.25) is 11.8 Å². The van der Waals surface area contributed by atoms with Crippen LogP contribution in [0.3, 0.4) is 0 Å². The standard InChI is InChI=1S/C20H14F2N4O/c1-11-17-18(12-7-8-15(21)16(22)9-12)14(10-23)19(24)27-20(17)26(25-11)13-5-3-2-4-6-13/h2-9,18H,24H2,1H3/t18-/m1/s1. The highest BCUT2D eigenvalue weighted by atomic mass is 19.2. The van der Waals surface area contributed by atoms with E-state index in [0.29, 0.717) is 22.7 Å². The van der Waals surface area contributed by atoms with Gasteiger partial charge in [-0.3, -0.25) is 0 Å². The molecule has 1 aromatic heterocycles. The second-order valence-corrected chi connectivity index (χ2v) is 6.15. The zero-order valence-corrected chi connectivity index (χ0v) is 14.3. The third-order valence-electron chi connectivity index (χ3n) is 4.51. The molecule has 0 bridgehead atoms. The quantitative estimate of drug-likeness (QED) is 0.753. The molecule has 2 aromatic carbocycles. The summed E-state index contributed by atoms with van der Waals surface area (Å²) < 4.78 is 34.6. The van der Waals surface area contributed by atoms with Gasteiger partial charge in [0.1, 0.15) is 11.6 Å². The van der Waals surface area contributed by atoms with Gasteiger partial charge in [0.05, 0.1) is 22.9 Å². The van der Waals surface area contributed by atoms with Crippen LogP contribution in [0.2, 0.25) is 0 Å². The van der Waals surface area contributed by atoms with Gasteiger partial charge < -0.3 is 10.5 Å². The minimum absolute atomic E-state index is 0.0863. The zero-order valence-electron chi connectivity index (χ0n) is 14.3. The lowest BCUT2D eigenvalue weighted by atomic mass is 9.84. The molecule has 1 atom stereocenters. The fourth-order valence-corrected chi connectivity index (χ4v) is 3.28. The monoisotopic (exact) mass is 364 g/mol. The van der Waals surface area contributed by atoms with Gasteiger partial charge in [-0.05, 0) is 36.8 Å². The maximum Gasteiger partial charge on any atom is 0.229 e. The number of aromatic nitrogens is 2. The van der Waals surface area contributed by atoms with E-state index in [1.807, 2.05) is 36.4 Å². The Kier molecular flexibility index (Phi) is 3.89. The number of benzene rings is 2. The molecule has 0 saturated carbocycles. The van der Waals surface area contributed by atoms with Crippen molar-refractivity contribution < 1.29 is 13.5 Å². The molecule has 0 aliphatic carbocycles. The van der Waals surface area contributed by atoms with Crippen molar-refractivity contribution in [1.82, 2.24) is 9.78 Å². The molecule has 2 heterocycles. The number of fused-ring (bicyclic) bond motifs is 1. The van der Waals surface area contributed by atoms with Crippen molar-refractivity contribution in [2.24, 2.45) is 5.73 Å². The fraction of sp³-hybridized carbons (Fsp3) is 0.100. The van der Waals surface area contributed by atoms with Crippen LogP contribution < -0.4 is 10.5 Å². The third-order valence-corrected chi connectivity index (χ3v) is 4.51. The summed E-state index contributed by atoms with van der Waals surface area (Å²) in [6, 6.07) is 14.8. The van der Waals surface area contributed by atoms with Crippen molar-refractivity contribution in [3.05, 3.63) is 88.4 Å². The van der Waals surface area contributed by atoms with Crippen LogP contribution in [0.15, 0.2) is 60.0 Å². The molecule has 3 aromatic rings. The van der Waals surface area contributed by atoms with E-state index in [1.54, 1.807) is 11.6 Å². The Hall–Kier alpha value is -3.66. The SMILES string of the molecule is Cc1nn(-c2ccccc2)c2c1[C@H](c1ccc(F)c(F)c1)C(C#N)=C(N)O2. The lowest BCUT2D eigenvalue weighted by Gasteiger charge is -2.25. The van der Waals surface area contributed by atoms with Gasteiger partial charge in [-0.15, -0.1) is 0 Å². The van der Waals surface area contributed by atoms with E-state index in [-0.39, 0.29) is 11.5 Å². The van der Waals surface area contributed by atoms with Gasteiger partial charge in [0.15, 0.2) is 11.6 Å². The summed E-state index contributed by atoms with van der Waals surface area (Å²) in [6.07, 6.45) is 0. The second kappa shape index (κ2) is 6.25. The Morgan fingerprint density at radius 1 is 1.15 bits per heavy atom. The molecule has 1 aliphatic rings. The number of rotatable bonds is 2. The number of ether oxygens (including phenoxy) is 1. The number of nitriles is 1. The first-order chi connectivity index (χ1) is 13.0. The first kappa shape index (κ1) is 16.8. The summed E-state index contributed by atoms with van der Waals surface area (Å²) in [5, 5.41) is 14.1. The van der Waals surface area contributed by atoms with E-state index in [4.69, 9.17) is 10.5 Å². The summed E-state index contributed by atoms with van der Waals surface area (Å²) in [4.78, 5) is 0. The van der Waals surface area contributed by atoms with Gasteiger partial charge in [-0.25, -0.2) is 13.5 Å². The van der Waals surface area contributed by atoms with E-state index in [0.717, 1.165) is 17.8 Å². The maximum atomic E-state index is 13.9. The molecular weight excluding hydrogens is 350 g/mol. The lowest BCUT2D eigenvalue weighted by molar-refractivity contribution is 0.367. The summed E-state index contributed by atoms with van der Waals surface area (Å²) in [6.45, 7) is 1.77. The molecule has 5 nitrogen and oxygen atoms in total. The highest BCUT2D eigenvalue weighted by molar-refractivity contribution is 5.57. The second-order valence-electron chi connectivity index (χ2n) is 6.15. The molecule has 0 fully saturated rings. The number of nitrogens with zero attached hydrogens (tertiary/aromatic N) is 3. The van der Waals surface area contributed by atoms with Crippen LogP contribution in [0.5, 0.6) is 5.88 Å². The topological polar surface area (TPSA) is 76.9 Å². The highest BCUT2D eigenvalue weighted by Crippen LogP contribution is 2.44. The molecule has 2 N–H and O–H groups in total. The number of halogens is 2. The van der Waals surface area contributed by atoms with Crippen molar-refractivity contribution in [2.75, 3.05) is 0 Å². The molecule has 0 radical (unpaired) electrons. The zero-order chi connectivity index (χ0) is 19.1. The first-order valence-electron chi connectivity index (χ1n) is 8.18. The number of hydrogen-bond donors (Lipinski definition) is 1. The number of nitrogens with two attached hydrogens (primary N) is 1. The predicted molar refractivity (Wildman–Crippen MR) is 94.0 cm³/mol. The fourth-order valence-electron chi connectivity index (χ4n) is 3.28. The first-order valence-corrected chi connectivity index (χ1v) is 8.18. The van der Waals surface area contributed by atoms with Gasteiger partial charge in [0.25, 0.3) is 0 Å². The number of hydrogen-bond acceptors (Lipinski definition) is 4. The largest absolute Gasteiger partial charge is 0.422 e. The van der Waals surface area contributed by atoms with Gasteiger partial charge in [0, 0.05) is 0 Å². The number of para-hydroxylation sites is 1. The Labute approximate surface area is 153 Å². The Morgan fingerprint density at radius 3 is 2.56 bits per heavy atom. The van der Waals surface area contributed by atoms with Crippen molar-refractivity contribution in [1.29, 1.82) is 5.26 Å². The van der Waals surface area contributed by atoms with Crippen LogP contribution in [0.1, 0.15) is 22.7 Å². The molecular formula is C20H14F2N4O. The Morgan fingerprint density at radius 2 is 1.89 bits per heavy atom. The normalized spacial score (nSPS) is 15.9. The average Bonchev–Trinajstić information content (AvgIpc) is 2.99. The van der Waals surface area contributed by atoms with Crippen LogP contribution in [-0.2, 0) is 0 Å². The average molecular weight is 364 g/mol. The summed E-state index contributed by atoms with van der Waals surface area (Å²) in [5.74, 6) is -2.39. The van der Waals surface area contributed by atoms with Crippen molar-refractivity contribution >= 4 is 0 Å². The predicted octanol–water partition coefficient (Wildman–Crippen LogP) is 3.68. The molecule has 0 saturated heterocycles. The molecule has 0 spiro atoms. The van der Waals surface area contributed by atoms with Crippen LogP contribution in [0.25, 0.3) is 5.69 Å². The van der Waals surface area contributed by atoms with Gasteiger partial charge in [-0.2, -0.15) is 10.4 Å². The summed E-state index contributed by atoms with van der Waals surface area (Å²) >= 11 is 0. The molecule has 0 unspecified atom stereocenters. The molecule has 4 rings (SSSR count). The van der Waals surface area contributed by atoms with Crippen LogP contribution in [0, 0.1) is 29.9 Å². The number of allylic oxidation sites excluding steroid dienone is 1. The smallest absolute Gasteiger partial charge is 0.229 e. The maximum absolute atomic E-state index is 13.9. The van der Waals surface area contributed by atoms with Crippen LogP contribution >= 0.6 is 0 Å². The van der Waals surface area contributed by atoms with E-state index in [2.05, 4.69) is 5.10 Å². The van der Waals surface area contributed by atoms with Gasteiger partial charge in [-0.1, -0.05) is 24.3 Å². The van der Waals surface area contributed by atoms with Crippen LogP contribution in [0.4, 0.5) is 8.78 Å². The van der Waals surface area contributed by atoms with E-state index in [1.165, 1.54) is 6.07 Å². The van der Waals surface area contributed by atoms with Crippen molar-refractivity contribution in [3.8, 4) is 17.6 Å². The minimum atomic E-state index is -0.996. The van der Waals surface area contributed by atoms with E-state index < -0.39 is 17.6 Å². The van der Waals surface area contributed by atoms with Crippen molar-refractivity contribution in [2.45, 2.75) is 12.8 Å². The highest BCUT2D eigenvalue weighted by Gasteiger charge is 2.36. The van der Waals surface area contributed by atoms with Crippen molar-refractivity contribution in [3.63, 3.8) is 0 Å². The Balaban J connectivity index is 1.97. The molecule has 27 heavy (non-hydrogen) atoms. The molecule has 1 aliphatic heterocycles.